The molecule has 3 rings (SSSR count). The van der Waals surface area contributed by atoms with Crippen LogP contribution >= 0.6 is 15.9 Å². The van der Waals surface area contributed by atoms with Gasteiger partial charge in [0.05, 0.1) is 17.6 Å². The zero-order chi connectivity index (χ0) is 14.1. The van der Waals surface area contributed by atoms with Crippen LogP contribution in [0.4, 0.5) is 0 Å². The third kappa shape index (κ3) is 2.33. The van der Waals surface area contributed by atoms with E-state index in [0.717, 1.165) is 22.6 Å². The van der Waals surface area contributed by atoms with E-state index in [1.165, 1.54) is 37.9 Å². The molecule has 2 atom stereocenters. The highest BCUT2D eigenvalue weighted by atomic mass is 79.9. The number of piperidine rings is 1. The van der Waals surface area contributed by atoms with Crippen molar-refractivity contribution in [3.63, 3.8) is 0 Å². The molecule has 0 amide bonds. The van der Waals surface area contributed by atoms with E-state index in [2.05, 4.69) is 39.9 Å². The molecule has 0 saturated carbocycles. The molecule has 1 aromatic rings. The Morgan fingerprint density at radius 2 is 2.30 bits per heavy atom. The maximum atomic E-state index is 6.08. The minimum absolute atomic E-state index is 0.530. The van der Waals surface area contributed by atoms with Crippen molar-refractivity contribution in [2.75, 3.05) is 26.8 Å². The number of fused-ring (bicyclic) bond motifs is 3. The predicted molar refractivity (Wildman–Crippen MR) is 83.8 cm³/mol. The summed E-state index contributed by atoms with van der Waals surface area (Å²) in [6, 6.07) is 4.82. The van der Waals surface area contributed by atoms with E-state index in [4.69, 9.17) is 9.47 Å². The van der Waals surface area contributed by atoms with Gasteiger partial charge in [-0.25, -0.2) is 0 Å². The van der Waals surface area contributed by atoms with Gasteiger partial charge < -0.3 is 9.47 Å². The summed E-state index contributed by atoms with van der Waals surface area (Å²) in [4.78, 5) is 2.60. The Morgan fingerprint density at radius 1 is 1.45 bits per heavy atom. The number of likely N-dealkylation sites (tertiary alicyclic amines) is 1. The summed E-state index contributed by atoms with van der Waals surface area (Å²) in [5.41, 5.74) is 1.32. The highest BCUT2D eigenvalue weighted by Crippen LogP contribution is 2.47. The van der Waals surface area contributed by atoms with Crippen LogP contribution in [0, 0.1) is 0 Å². The second-order valence-corrected chi connectivity index (χ2v) is 6.52. The van der Waals surface area contributed by atoms with E-state index < -0.39 is 0 Å². The molecule has 110 valence electrons. The summed E-state index contributed by atoms with van der Waals surface area (Å²) >= 11 is 3.54. The summed E-state index contributed by atoms with van der Waals surface area (Å²) < 4.78 is 12.6. The minimum atomic E-state index is 0.530. The number of benzene rings is 1. The van der Waals surface area contributed by atoms with Crippen molar-refractivity contribution in [1.29, 1.82) is 0 Å². The average molecular weight is 340 g/mol. The maximum Gasteiger partial charge on any atom is 0.175 e. The van der Waals surface area contributed by atoms with E-state index in [1.54, 1.807) is 7.11 Å². The van der Waals surface area contributed by atoms with Gasteiger partial charge >= 0.3 is 0 Å². The minimum Gasteiger partial charge on any atom is -0.492 e. The van der Waals surface area contributed by atoms with Crippen LogP contribution in [0.15, 0.2) is 16.6 Å². The normalized spacial score (nSPS) is 25.6. The van der Waals surface area contributed by atoms with Gasteiger partial charge in [-0.3, -0.25) is 4.90 Å². The topological polar surface area (TPSA) is 21.7 Å². The zero-order valence-electron chi connectivity index (χ0n) is 12.2. The van der Waals surface area contributed by atoms with Crippen molar-refractivity contribution >= 4 is 15.9 Å². The molecular weight excluding hydrogens is 318 g/mol. The Hall–Kier alpha value is -0.740. The van der Waals surface area contributed by atoms with E-state index in [0.29, 0.717) is 12.0 Å². The van der Waals surface area contributed by atoms with Gasteiger partial charge in [0.1, 0.15) is 6.61 Å². The fourth-order valence-electron chi connectivity index (χ4n) is 3.63. The first-order valence-corrected chi connectivity index (χ1v) is 8.28. The average Bonchev–Trinajstić information content (AvgIpc) is 2.47. The highest BCUT2D eigenvalue weighted by molar-refractivity contribution is 9.10. The van der Waals surface area contributed by atoms with Crippen molar-refractivity contribution in [3.8, 4) is 11.5 Å². The number of ether oxygens (including phenoxy) is 2. The second-order valence-electron chi connectivity index (χ2n) is 5.66. The third-order valence-electron chi connectivity index (χ3n) is 4.50. The first-order valence-electron chi connectivity index (χ1n) is 7.49. The maximum absolute atomic E-state index is 6.08. The second kappa shape index (κ2) is 5.94. The van der Waals surface area contributed by atoms with Gasteiger partial charge in [-0.15, -0.1) is 0 Å². The number of nitrogens with zero attached hydrogens (tertiary/aromatic N) is 1. The summed E-state index contributed by atoms with van der Waals surface area (Å²) in [6.07, 6.45) is 3.74. The van der Waals surface area contributed by atoms with Crippen LogP contribution in [0.1, 0.15) is 37.7 Å². The van der Waals surface area contributed by atoms with E-state index in [-0.39, 0.29) is 0 Å². The lowest BCUT2D eigenvalue weighted by Crippen LogP contribution is -2.49. The molecule has 1 saturated heterocycles. The van der Waals surface area contributed by atoms with Crippen LogP contribution in [0.2, 0.25) is 0 Å². The van der Waals surface area contributed by atoms with Crippen LogP contribution in [0.3, 0.4) is 0 Å². The van der Waals surface area contributed by atoms with Gasteiger partial charge in [0.2, 0.25) is 0 Å². The van der Waals surface area contributed by atoms with Crippen LogP contribution in [0.25, 0.3) is 0 Å². The van der Waals surface area contributed by atoms with E-state index in [1.807, 2.05) is 0 Å². The van der Waals surface area contributed by atoms with Gasteiger partial charge in [0, 0.05) is 11.5 Å². The first kappa shape index (κ1) is 14.2. The molecule has 1 fully saturated rings. The van der Waals surface area contributed by atoms with Crippen LogP contribution in [0.5, 0.6) is 11.5 Å². The summed E-state index contributed by atoms with van der Waals surface area (Å²) in [5.74, 6) is 2.37. The molecule has 4 heteroatoms. The lowest BCUT2D eigenvalue weighted by Gasteiger charge is -2.44. The number of halogens is 1. The molecule has 20 heavy (non-hydrogen) atoms. The monoisotopic (exact) mass is 339 g/mol. The SMILES string of the molecule is CCCN1CCC[C@H]2c3ccc(Br)c(OC)c3OC[C@@H]21. The van der Waals surface area contributed by atoms with Gasteiger partial charge in [0.25, 0.3) is 0 Å². The molecular formula is C16H22BrNO2. The van der Waals surface area contributed by atoms with E-state index >= 15 is 0 Å². The van der Waals surface area contributed by atoms with Crippen molar-refractivity contribution in [1.82, 2.24) is 4.90 Å². The molecule has 0 unspecified atom stereocenters. The molecule has 0 spiro atoms. The van der Waals surface area contributed by atoms with E-state index in [9.17, 15) is 0 Å². The molecule has 2 aliphatic rings. The standard InChI is InChI=1S/C16H22BrNO2/c1-3-8-18-9-4-5-11-12-6-7-13(17)16(19-2)15(12)20-10-14(11)18/h6-7,11,14H,3-5,8-10H2,1-2H3/t11-,14-/m0/s1. The number of hydrogen-bond donors (Lipinski definition) is 0. The van der Waals surface area contributed by atoms with Gasteiger partial charge in [-0.2, -0.15) is 0 Å². The molecule has 1 aromatic carbocycles. The molecule has 0 bridgehead atoms. The van der Waals surface area contributed by atoms with Crippen molar-refractivity contribution in [2.24, 2.45) is 0 Å². The van der Waals surface area contributed by atoms with Gasteiger partial charge in [-0.05, 0) is 54.3 Å². The summed E-state index contributed by atoms with van der Waals surface area (Å²) in [7, 11) is 1.71. The third-order valence-corrected chi connectivity index (χ3v) is 5.13. The molecule has 0 radical (unpaired) electrons. The molecule has 3 nitrogen and oxygen atoms in total. The molecule has 2 heterocycles. The Balaban J connectivity index is 1.96. The highest BCUT2D eigenvalue weighted by Gasteiger charge is 2.38. The lowest BCUT2D eigenvalue weighted by molar-refractivity contribution is 0.0642. The molecule has 0 aromatic heterocycles. The van der Waals surface area contributed by atoms with Gasteiger partial charge in [-0.1, -0.05) is 13.0 Å². The first-order chi connectivity index (χ1) is 9.76. The Morgan fingerprint density at radius 3 is 3.05 bits per heavy atom. The molecule has 2 aliphatic heterocycles. The van der Waals surface area contributed by atoms with Crippen molar-refractivity contribution < 1.29 is 9.47 Å². The lowest BCUT2D eigenvalue weighted by atomic mass is 9.81. The number of rotatable bonds is 3. The fraction of sp³-hybridized carbons (Fsp3) is 0.625. The smallest absolute Gasteiger partial charge is 0.175 e. The Labute approximate surface area is 129 Å². The largest absolute Gasteiger partial charge is 0.492 e. The Bertz CT molecular complexity index is 490. The molecule has 0 aliphatic carbocycles. The summed E-state index contributed by atoms with van der Waals surface area (Å²) in [6.45, 7) is 5.42. The number of hydrogen-bond acceptors (Lipinski definition) is 3. The van der Waals surface area contributed by atoms with Gasteiger partial charge in [0.15, 0.2) is 11.5 Å². The zero-order valence-corrected chi connectivity index (χ0v) is 13.8. The Kier molecular flexibility index (Phi) is 4.22. The van der Waals surface area contributed by atoms with Crippen molar-refractivity contribution in [2.45, 2.75) is 38.1 Å². The number of methoxy groups -OCH3 is 1. The quantitative estimate of drug-likeness (QED) is 0.835. The van der Waals surface area contributed by atoms with Crippen LogP contribution < -0.4 is 9.47 Å². The summed E-state index contributed by atoms with van der Waals surface area (Å²) in [5, 5.41) is 0. The van der Waals surface area contributed by atoms with Crippen LogP contribution in [-0.4, -0.2) is 37.7 Å². The van der Waals surface area contributed by atoms with Crippen LogP contribution in [-0.2, 0) is 0 Å². The van der Waals surface area contributed by atoms with Crippen molar-refractivity contribution in [3.05, 3.63) is 22.2 Å². The predicted octanol–water partition coefficient (Wildman–Crippen LogP) is 3.81. The molecule has 0 N–H and O–H groups in total. The fourth-order valence-corrected chi connectivity index (χ4v) is 4.10.